The molecule has 1 aromatic carbocycles. The Bertz CT molecular complexity index is 1020. The number of carbonyl (C=O) groups excluding carboxylic acids is 1. The third-order valence-electron chi connectivity index (χ3n) is 4.55. The molecule has 0 saturated carbocycles. The molecule has 0 aliphatic carbocycles. The summed E-state index contributed by atoms with van der Waals surface area (Å²) in [5, 5.41) is 15.1. The third-order valence-corrected chi connectivity index (χ3v) is 5.74. The lowest BCUT2D eigenvalue weighted by atomic mass is 10.1. The zero-order valence-corrected chi connectivity index (χ0v) is 15.7. The molecule has 3 heterocycles. The van der Waals surface area contributed by atoms with Crippen molar-refractivity contribution in [2.24, 2.45) is 7.05 Å². The molecular weight excluding hydrogens is 376 g/mol. The fourth-order valence-electron chi connectivity index (χ4n) is 3.28. The van der Waals surface area contributed by atoms with Gasteiger partial charge in [-0.1, -0.05) is 12.1 Å². The Morgan fingerprint density at radius 3 is 2.81 bits per heavy atom. The highest BCUT2D eigenvalue weighted by molar-refractivity contribution is 7.18. The van der Waals surface area contributed by atoms with Crippen LogP contribution in [0.5, 0.6) is 5.75 Å². The number of para-hydroxylation sites is 1. The van der Waals surface area contributed by atoms with Gasteiger partial charge in [-0.05, 0) is 26.0 Å². The van der Waals surface area contributed by atoms with Crippen LogP contribution in [0, 0.1) is 6.92 Å². The molecule has 0 saturated heterocycles. The van der Waals surface area contributed by atoms with Crippen molar-refractivity contribution in [1.29, 1.82) is 0 Å². The largest absolute Gasteiger partial charge is 0.483 e. The highest BCUT2D eigenvalue weighted by Crippen LogP contribution is 2.44. The Morgan fingerprint density at radius 1 is 1.41 bits per heavy atom. The molecule has 1 amide bonds. The molecule has 2 aromatic heterocycles. The van der Waals surface area contributed by atoms with Crippen LogP contribution in [-0.2, 0) is 18.4 Å². The van der Waals surface area contributed by atoms with Crippen molar-refractivity contribution in [3.05, 3.63) is 40.4 Å². The second-order valence-corrected chi connectivity index (χ2v) is 7.64. The van der Waals surface area contributed by atoms with E-state index in [1.807, 2.05) is 20.0 Å². The van der Waals surface area contributed by atoms with E-state index in [1.54, 1.807) is 10.7 Å². The van der Waals surface area contributed by atoms with Crippen molar-refractivity contribution >= 4 is 33.1 Å². The number of hydrogen-bond acceptors (Lipinski definition) is 5. The van der Waals surface area contributed by atoms with Gasteiger partial charge in [-0.2, -0.15) is 13.9 Å². The maximum Gasteiger partial charge on any atom is 0.483 e. The van der Waals surface area contributed by atoms with Crippen molar-refractivity contribution in [1.82, 2.24) is 9.78 Å². The molecule has 27 heavy (non-hydrogen) atoms. The van der Waals surface area contributed by atoms with Gasteiger partial charge in [0.05, 0.1) is 24.0 Å². The quantitative estimate of drug-likeness (QED) is 0.739. The molecule has 0 bridgehead atoms. The fraction of sp³-hybridized carbons (Fsp3) is 0.333. The predicted octanol–water partition coefficient (Wildman–Crippen LogP) is 3.51. The summed E-state index contributed by atoms with van der Waals surface area (Å²) in [5.74, 6) is -1.60. The average molecular weight is 393 g/mol. The number of carbonyl (C=O) groups is 1. The molecule has 1 aliphatic heterocycles. The smallest absolute Gasteiger partial charge is 0.423 e. The Balaban J connectivity index is 1.80. The lowest BCUT2D eigenvalue weighted by molar-refractivity contribution is -0.193. The minimum Gasteiger partial charge on any atom is -0.423 e. The van der Waals surface area contributed by atoms with E-state index in [0.29, 0.717) is 0 Å². The van der Waals surface area contributed by atoms with Gasteiger partial charge in [0.15, 0.2) is 5.75 Å². The standard InChI is InChI=1S/C18H17F2N3O3S/c1-9-13-7-11(27-16(13)22(3)21-9)8-23-14-6-4-5-12(10(2)24)15(14)26-18(19,20)17(23)25/h4-7,10,24H,8H2,1-3H3. The summed E-state index contributed by atoms with van der Waals surface area (Å²) >= 11 is 1.40. The molecule has 1 atom stereocenters. The van der Waals surface area contributed by atoms with E-state index in [2.05, 4.69) is 9.84 Å². The first-order valence-electron chi connectivity index (χ1n) is 8.31. The summed E-state index contributed by atoms with van der Waals surface area (Å²) < 4.78 is 34.9. The molecule has 0 fully saturated rings. The summed E-state index contributed by atoms with van der Waals surface area (Å²) in [5.41, 5.74) is 1.27. The number of aromatic nitrogens is 2. The highest BCUT2D eigenvalue weighted by Gasteiger charge is 2.51. The van der Waals surface area contributed by atoms with Crippen LogP contribution < -0.4 is 9.64 Å². The van der Waals surface area contributed by atoms with E-state index < -0.39 is 18.1 Å². The lowest BCUT2D eigenvalue weighted by Gasteiger charge is -2.34. The third kappa shape index (κ3) is 2.78. The van der Waals surface area contributed by atoms with Crippen LogP contribution in [0.3, 0.4) is 0 Å². The number of thiophene rings is 1. The molecule has 1 N–H and O–H groups in total. The van der Waals surface area contributed by atoms with Gasteiger partial charge in [-0.25, -0.2) is 0 Å². The minimum absolute atomic E-state index is 0.0210. The number of benzene rings is 1. The van der Waals surface area contributed by atoms with Gasteiger partial charge in [0.2, 0.25) is 0 Å². The van der Waals surface area contributed by atoms with Crippen molar-refractivity contribution in [2.45, 2.75) is 32.6 Å². The number of aliphatic hydroxyl groups excluding tert-OH is 1. The maximum absolute atomic E-state index is 14.2. The summed E-state index contributed by atoms with van der Waals surface area (Å²) in [6, 6.07) is 6.50. The molecule has 3 aromatic rings. The van der Waals surface area contributed by atoms with E-state index in [-0.39, 0.29) is 23.5 Å². The Kier molecular flexibility index (Phi) is 3.97. The number of aryl methyl sites for hydroxylation is 2. The number of halogens is 2. The van der Waals surface area contributed by atoms with E-state index in [4.69, 9.17) is 0 Å². The number of fused-ring (bicyclic) bond motifs is 2. The van der Waals surface area contributed by atoms with E-state index in [9.17, 15) is 18.7 Å². The number of hydrogen-bond donors (Lipinski definition) is 1. The summed E-state index contributed by atoms with van der Waals surface area (Å²) in [6.07, 6.45) is -5.00. The van der Waals surface area contributed by atoms with Crippen LogP contribution in [0.2, 0.25) is 0 Å². The van der Waals surface area contributed by atoms with E-state index in [0.717, 1.165) is 25.7 Å². The molecule has 4 rings (SSSR count). The van der Waals surface area contributed by atoms with Crippen LogP contribution in [0.15, 0.2) is 24.3 Å². The maximum atomic E-state index is 14.2. The van der Waals surface area contributed by atoms with Gasteiger partial charge in [0, 0.05) is 22.9 Å². The Hall–Kier alpha value is -2.52. The zero-order valence-electron chi connectivity index (χ0n) is 14.9. The second-order valence-electron chi connectivity index (χ2n) is 6.52. The van der Waals surface area contributed by atoms with Crippen molar-refractivity contribution in [3.8, 4) is 5.75 Å². The predicted molar refractivity (Wildman–Crippen MR) is 97.2 cm³/mol. The van der Waals surface area contributed by atoms with Crippen molar-refractivity contribution in [3.63, 3.8) is 0 Å². The number of nitrogens with zero attached hydrogens (tertiary/aromatic N) is 3. The molecule has 1 unspecified atom stereocenters. The first-order chi connectivity index (χ1) is 12.7. The minimum atomic E-state index is -3.99. The van der Waals surface area contributed by atoms with Crippen LogP contribution in [0.25, 0.3) is 10.2 Å². The second kappa shape index (κ2) is 6.00. The lowest BCUT2D eigenvalue weighted by Crippen LogP contribution is -2.50. The van der Waals surface area contributed by atoms with Crippen molar-refractivity contribution in [2.75, 3.05) is 4.90 Å². The number of ether oxygens (including phenoxy) is 1. The normalized spacial score (nSPS) is 17.1. The topological polar surface area (TPSA) is 67.6 Å². The van der Waals surface area contributed by atoms with E-state index >= 15 is 0 Å². The van der Waals surface area contributed by atoms with Crippen LogP contribution >= 0.6 is 11.3 Å². The molecule has 6 nitrogen and oxygen atoms in total. The zero-order chi connectivity index (χ0) is 19.5. The number of aliphatic hydroxyl groups is 1. The number of alkyl halides is 2. The monoisotopic (exact) mass is 393 g/mol. The first-order valence-corrected chi connectivity index (χ1v) is 9.12. The average Bonchev–Trinajstić information content (AvgIpc) is 3.12. The Morgan fingerprint density at radius 2 is 2.15 bits per heavy atom. The number of amides is 1. The number of anilines is 1. The van der Waals surface area contributed by atoms with Crippen LogP contribution in [-0.4, -0.2) is 26.9 Å². The summed E-state index contributed by atoms with van der Waals surface area (Å²) in [6.45, 7) is 3.31. The van der Waals surface area contributed by atoms with Gasteiger partial charge in [0.25, 0.3) is 0 Å². The van der Waals surface area contributed by atoms with E-state index in [1.165, 1.54) is 30.4 Å². The number of rotatable bonds is 3. The Labute approximate surface area is 157 Å². The van der Waals surface area contributed by atoms with Gasteiger partial charge in [-0.3, -0.25) is 14.4 Å². The first kappa shape index (κ1) is 17.9. The SMILES string of the molecule is Cc1nn(C)c2sc(CN3C(=O)C(F)(F)Oc4c(C(C)O)cccc43)cc12. The molecular formula is C18H17F2N3O3S. The fourth-order valence-corrected chi connectivity index (χ4v) is 4.39. The highest BCUT2D eigenvalue weighted by atomic mass is 32.1. The molecule has 1 aliphatic rings. The van der Waals surface area contributed by atoms with Crippen LogP contribution in [0.4, 0.5) is 14.5 Å². The van der Waals surface area contributed by atoms with Gasteiger partial charge < -0.3 is 9.84 Å². The summed E-state index contributed by atoms with van der Waals surface area (Å²) in [7, 11) is 1.81. The molecule has 0 spiro atoms. The molecule has 142 valence electrons. The molecule has 0 radical (unpaired) electrons. The van der Waals surface area contributed by atoms with Gasteiger partial charge >= 0.3 is 12.0 Å². The van der Waals surface area contributed by atoms with Gasteiger partial charge in [0.1, 0.15) is 4.83 Å². The summed E-state index contributed by atoms with van der Waals surface area (Å²) in [4.78, 5) is 15.0. The van der Waals surface area contributed by atoms with Crippen molar-refractivity contribution < 1.29 is 23.4 Å². The van der Waals surface area contributed by atoms with Gasteiger partial charge in [-0.15, -0.1) is 11.3 Å². The molecule has 9 heteroatoms. The van der Waals surface area contributed by atoms with Crippen LogP contribution in [0.1, 0.15) is 29.2 Å².